The monoisotopic (exact) mass is 535 g/mol. The SMILES string of the molecule is C=C(F)/C=C(\C=C(/C)C(C)(C)C)N(C)C(=N/C(=C)Nc1ccc(CC)c(CCC)c1)/C(=C\C)C(=C)C.CCC. The first-order valence-electron chi connectivity index (χ1n) is 14.1. The zero-order valence-electron chi connectivity index (χ0n) is 26.7. The Kier molecular flexibility index (Phi) is 16.0. The summed E-state index contributed by atoms with van der Waals surface area (Å²) in [4.78, 5) is 6.73. The molecule has 3 nitrogen and oxygen atoms in total. The van der Waals surface area contributed by atoms with E-state index in [-0.39, 0.29) is 5.41 Å². The smallest absolute Gasteiger partial charge is 0.142 e. The van der Waals surface area contributed by atoms with Crippen LogP contribution in [0.5, 0.6) is 0 Å². The number of likely N-dealkylation sites (N-methyl/N-ethyl adjacent to an activating group) is 1. The van der Waals surface area contributed by atoms with Gasteiger partial charge in [-0.3, -0.25) is 0 Å². The second-order valence-electron chi connectivity index (χ2n) is 10.9. The van der Waals surface area contributed by atoms with E-state index in [1.54, 1.807) is 0 Å². The van der Waals surface area contributed by atoms with Gasteiger partial charge in [0, 0.05) is 24.0 Å². The number of anilines is 1. The second kappa shape index (κ2) is 17.4. The van der Waals surface area contributed by atoms with Gasteiger partial charge in [0.2, 0.25) is 0 Å². The number of benzene rings is 1. The van der Waals surface area contributed by atoms with Gasteiger partial charge in [-0.1, -0.05) is 98.8 Å². The Hall–Kier alpha value is -3.14. The lowest BCUT2D eigenvalue weighted by atomic mass is 9.87. The summed E-state index contributed by atoms with van der Waals surface area (Å²) >= 11 is 0. The van der Waals surface area contributed by atoms with Crippen LogP contribution in [0.2, 0.25) is 0 Å². The van der Waals surface area contributed by atoms with Crippen LogP contribution < -0.4 is 5.32 Å². The van der Waals surface area contributed by atoms with Crippen LogP contribution in [0.15, 0.2) is 95.2 Å². The van der Waals surface area contributed by atoms with Crippen LogP contribution in [0.25, 0.3) is 0 Å². The molecule has 0 aliphatic carbocycles. The molecule has 0 saturated heterocycles. The maximum absolute atomic E-state index is 14.0. The van der Waals surface area contributed by atoms with Gasteiger partial charge in [-0.15, -0.1) is 0 Å². The average molecular weight is 536 g/mol. The lowest BCUT2D eigenvalue weighted by molar-refractivity contribution is 0.500. The van der Waals surface area contributed by atoms with Gasteiger partial charge in [-0.25, -0.2) is 9.38 Å². The first kappa shape index (κ1) is 35.9. The van der Waals surface area contributed by atoms with E-state index in [2.05, 4.69) is 91.7 Å². The normalized spacial score (nSPS) is 12.9. The van der Waals surface area contributed by atoms with Gasteiger partial charge >= 0.3 is 0 Å². The number of allylic oxidation sites excluding steroid dienone is 5. The van der Waals surface area contributed by atoms with Gasteiger partial charge in [0.1, 0.15) is 17.5 Å². The highest BCUT2D eigenvalue weighted by Gasteiger charge is 2.19. The standard InChI is InChI=1S/C32H46FN3.C3H8/c1-13-16-27-21-28(18-17-26(27)14-2)34-25(8)35-31(30(15-3)22(4)5)36(12)29(20-24(7)33)19-23(6)32(9,10)11;1-3-2/h15,17-21,34H,4,7-8,13-14,16H2,1-3,5-6,9-12H3;3H2,1-2H3/b23-19+,29-20+,30-15-,35-31+;. The number of amidine groups is 1. The van der Waals surface area contributed by atoms with E-state index < -0.39 is 5.83 Å². The fourth-order valence-electron chi connectivity index (χ4n) is 3.71. The van der Waals surface area contributed by atoms with Crippen molar-refractivity contribution < 1.29 is 4.39 Å². The van der Waals surface area contributed by atoms with E-state index >= 15 is 0 Å². The molecule has 1 N–H and O–H groups in total. The lowest BCUT2D eigenvalue weighted by Gasteiger charge is -2.27. The molecule has 0 bridgehead atoms. The van der Waals surface area contributed by atoms with Crippen molar-refractivity contribution in [3.8, 4) is 0 Å². The molecule has 0 radical (unpaired) electrons. The van der Waals surface area contributed by atoms with Crippen molar-refractivity contribution in [2.24, 2.45) is 10.4 Å². The van der Waals surface area contributed by atoms with Crippen LogP contribution in [0.3, 0.4) is 0 Å². The summed E-state index contributed by atoms with van der Waals surface area (Å²) in [5.74, 6) is 0.578. The third-order valence-corrected chi connectivity index (χ3v) is 6.18. The Balaban J connectivity index is 0.00000458. The molecule has 0 aliphatic heterocycles. The summed E-state index contributed by atoms with van der Waals surface area (Å²) in [5, 5.41) is 3.35. The molecule has 0 unspecified atom stereocenters. The van der Waals surface area contributed by atoms with Gasteiger partial charge in [-0.05, 0) is 80.0 Å². The van der Waals surface area contributed by atoms with Crippen LogP contribution >= 0.6 is 0 Å². The molecule has 0 amide bonds. The number of nitrogens with one attached hydrogen (secondary N) is 1. The predicted octanol–water partition coefficient (Wildman–Crippen LogP) is 10.7. The summed E-state index contributed by atoms with van der Waals surface area (Å²) in [7, 11) is 1.87. The number of halogens is 1. The topological polar surface area (TPSA) is 27.6 Å². The van der Waals surface area contributed by atoms with E-state index in [4.69, 9.17) is 4.99 Å². The van der Waals surface area contributed by atoms with Gasteiger partial charge in [0.15, 0.2) is 0 Å². The number of nitrogens with zero attached hydrogens (tertiary/aromatic N) is 2. The molecule has 0 atom stereocenters. The maximum Gasteiger partial charge on any atom is 0.142 e. The van der Waals surface area contributed by atoms with Gasteiger partial charge in [0.25, 0.3) is 0 Å². The van der Waals surface area contributed by atoms with Crippen LogP contribution in [-0.4, -0.2) is 17.8 Å². The van der Waals surface area contributed by atoms with Gasteiger partial charge in [-0.2, -0.15) is 0 Å². The highest BCUT2D eigenvalue weighted by molar-refractivity contribution is 6.03. The molecule has 0 heterocycles. The molecule has 0 fully saturated rings. The molecule has 0 spiro atoms. The molecule has 216 valence electrons. The predicted molar refractivity (Wildman–Crippen MR) is 174 cm³/mol. The Morgan fingerprint density at radius 2 is 1.62 bits per heavy atom. The molecule has 0 aliphatic rings. The van der Waals surface area contributed by atoms with E-state index in [0.29, 0.717) is 17.4 Å². The number of hydrogen-bond acceptors (Lipinski definition) is 2. The third-order valence-electron chi connectivity index (χ3n) is 6.18. The highest BCUT2D eigenvalue weighted by Crippen LogP contribution is 2.28. The first-order chi connectivity index (χ1) is 18.2. The molecule has 0 aromatic heterocycles. The maximum atomic E-state index is 14.0. The van der Waals surface area contributed by atoms with E-state index in [1.807, 2.05) is 44.9 Å². The highest BCUT2D eigenvalue weighted by atomic mass is 19.1. The molecule has 1 aromatic rings. The van der Waals surface area contributed by atoms with Crippen molar-refractivity contribution in [2.45, 2.75) is 94.9 Å². The molecule has 0 saturated carbocycles. The van der Waals surface area contributed by atoms with E-state index in [9.17, 15) is 4.39 Å². The first-order valence-corrected chi connectivity index (χ1v) is 14.1. The van der Waals surface area contributed by atoms with Crippen molar-refractivity contribution in [1.82, 2.24) is 4.90 Å². The molecule has 39 heavy (non-hydrogen) atoms. The largest absolute Gasteiger partial charge is 0.341 e. The number of hydrogen-bond donors (Lipinski definition) is 1. The second-order valence-corrected chi connectivity index (χ2v) is 10.9. The minimum Gasteiger partial charge on any atom is -0.341 e. The molecule has 1 rings (SSSR count). The van der Waals surface area contributed by atoms with Crippen LogP contribution in [-0.2, 0) is 12.8 Å². The van der Waals surface area contributed by atoms with E-state index in [1.165, 1.54) is 23.6 Å². The van der Waals surface area contributed by atoms with Crippen molar-refractivity contribution in [3.63, 3.8) is 0 Å². The zero-order chi connectivity index (χ0) is 30.3. The van der Waals surface area contributed by atoms with Crippen molar-refractivity contribution in [3.05, 3.63) is 101 Å². The van der Waals surface area contributed by atoms with Crippen molar-refractivity contribution >= 4 is 11.5 Å². The number of rotatable bonds is 11. The minimum absolute atomic E-state index is 0.0708. The Morgan fingerprint density at radius 1 is 1.03 bits per heavy atom. The Morgan fingerprint density at radius 3 is 2.05 bits per heavy atom. The summed E-state index contributed by atoms with van der Waals surface area (Å²) < 4.78 is 14.0. The van der Waals surface area contributed by atoms with Crippen molar-refractivity contribution in [1.29, 1.82) is 0 Å². The van der Waals surface area contributed by atoms with Gasteiger partial charge in [0.05, 0.1) is 0 Å². The molecule has 4 heteroatoms. The fraction of sp³-hybridized carbons (Fsp3) is 0.457. The van der Waals surface area contributed by atoms with Crippen LogP contribution in [0.4, 0.5) is 10.1 Å². The average Bonchev–Trinajstić information content (AvgIpc) is 2.82. The number of aryl methyl sites for hydroxylation is 2. The summed E-state index contributed by atoms with van der Waals surface area (Å²) in [6, 6.07) is 6.40. The Bertz CT molecular complexity index is 1110. The van der Waals surface area contributed by atoms with Crippen molar-refractivity contribution in [2.75, 3.05) is 12.4 Å². The summed E-state index contributed by atoms with van der Waals surface area (Å²) in [5.41, 5.74) is 7.02. The van der Waals surface area contributed by atoms with Crippen LogP contribution in [0, 0.1) is 5.41 Å². The van der Waals surface area contributed by atoms with Crippen LogP contribution in [0.1, 0.15) is 93.2 Å². The van der Waals surface area contributed by atoms with Gasteiger partial charge < -0.3 is 10.2 Å². The van der Waals surface area contributed by atoms with E-state index in [0.717, 1.165) is 41.7 Å². The molecule has 1 aromatic carbocycles. The number of aliphatic imine (C=N–C) groups is 1. The third kappa shape index (κ3) is 12.5. The quantitative estimate of drug-likeness (QED) is 0.173. The molecular weight excluding hydrogens is 481 g/mol. The Labute approximate surface area is 239 Å². The minimum atomic E-state index is -0.525. The zero-order valence-corrected chi connectivity index (χ0v) is 26.7. The lowest BCUT2D eigenvalue weighted by Crippen LogP contribution is -2.29. The fourth-order valence-corrected chi connectivity index (χ4v) is 3.71. The molecular formula is C35H54FN3. The summed E-state index contributed by atoms with van der Waals surface area (Å²) in [6.07, 6.45) is 9.73. The summed E-state index contributed by atoms with van der Waals surface area (Å²) in [6.45, 7) is 32.7.